The molecule has 3 aliphatic rings. The van der Waals surface area contributed by atoms with Gasteiger partial charge in [0.25, 0.3) is 5.91 Å². The first-order chi connectivity index (χ1) is 16.4. The maximum absolute atomic E-state index is 12.5. The fourth-order valence-corrected chi connectivity index (χ4v) is 5.86. The number of piperazine rings is 1. The molecule has 2 N–H and O–H groups in total. The predicted molar refractivity (Wildman–Crippen MR) is 134 cm³/mol. The van der Waals surface area contributed by atoms with Crippen LogP contribution in [0, 0.1) is 0 Å². The van der Waals surface area contributed by atoms with Gasteiger partial charge in [-0.1, -0.05) is 6.07 Å². The lowest BCUT2D eigenvalue weighted by molar-refractivity contribution is 0.0900. The van der Waals surface area contributed by atoms with Crippen LogP contribution in [0.4, 0.5) is 17.2 Å². The van der Waals surface area contributed by atoms with E-state index in [-0.39, 0.29) is 17.6 Å². The highest BCUT2D eigenvalue weighted by Crippen LogP contribution is 2.39. The van der Waals surface area contributed by atoms with Crippen LogP contribution < -0.4 is 25.2 Å². The number of amides is 1. The van der Waals surface area contributed by atoms with Gasteiger partial charge in [0.2, 0.25) is 0 Å². The minimum Gasteiger partial charge on any atom is -0.479 e. The number of thiazole rings is 1. The molecule has 1 aromatic carbocycles. The molecule has 1 saturated heterocycles. The van der Waals surface area contributed by atoms with Crippen molar-refractivity contribution in [3.05, 3.63) is 58.2 Å². The van der Waals surface area contributed by atoms with Crippen molar-refractivity contribution in [1.29, 1.82) is 0 Å². The molecule has 9 heteroatoms. The van der Waals surface area contributed by atoms with Crippen molar-refractivity contribution < 1.29 is 9.53 Å². The predicted octanol–water partition coefficient (Wildman–Crippen LogP) is 3.47. The Balaban J connectivity index is 1.14. The molecule has 176 valence electrons. The third-order valence-electron chi connectivity index (χ3n) is 6.59. The van der Waals surface area contributed by atoms with E-state index in [1.807, 2.05) is 38.2 Å². The van der Waals surface area contributed by atoms with Gasteiger partial charge in [-0.05, 0) is 44.2 Å². The Labute approximate surface area is 203 Å². The maximum atomic E-state index is 12.5. The molecule has 8 nitrogen and oxygen atoms in total. The summed E-state index contributed by atoms with van der Waals surface area (Å²) in [5, 5.41) is 7.44. The Kier molecular flexibility index (Phi) is 5.09. The topological polar surface area (TPSA) is 82.6 Å². The van der Waals surface area contributed by atoms with E-state index in [1.54, 1.807) is 0 Å². The highest BCUT2D eigenvalue weighted by molar-refractivity contribution is 7.14. The number of hydrogen-bond acceptors (Lipinski definition) is 8. The molecule has 1 fully saturated rings. The van der Waals surface area contributed by atoms with Crippen LogP contribution >= 0.6 is 11.3 Å². The van der Waals surface area contributed by atoms with Gasteiger partial charge < -0.3 is 25.2 Å². The molecule has 6 rings (SSSR count). The zero-order chi connectivity index (χ0) is 23.3. The lowest BCUT2D eigenvalue weighted by atomic mass is 9.94. The highest BCUT2D eigenvalue weighted by atomic mass is 32.1. The van der Waals surface area contributed by atoms with E-state index < -0.39 is 0 Å². The number of benzene rings is 1. The van der Waals surface area contributed by atoms with E-state index >= 15 is 0 Å². The average molecular weight is 477 g/mol. The summed E-state index contributed by atoms with van der Waals surface area (Å²) < 4.78 is 6.32. The molecular weight excluding hydrogens is 448 g/mol. The van der Waals surface area contributed by atoms with Crippen LogP contribution in [0.15, 0.2) is 42.6 Å². The Hall–Kier alpha value is -3.33. The summed E-state index contributed by atoms with van der Waals surface area (Å²) >= 11 is 1.44. The van der Waals surface area contributed by atoms with Gasteiger partial charge in [-0.2, -0.15) is 0 Å². The Morgan fingerprint density at radius 3 is 2.74 bits per heavy atom. The van der Waals surface area contributed by atoms with Crippen LogP contribution in [0.5, 0.6) is 5.75 Å². The van der Waals surface area contributed by atoms with Crippen LogP contribution in [0.25, 0.3) is 0 Å². The number of fused-ring (bicyclic) bond motifs is 2. The van der Waals surface area contributed by atoms with Crippen molar-refractivity contribution in [1.82, 2.24) is 15.3 Å². The van der Waals surface area contributed by atoms with Gasteiger partial charge in [-0.15, -0.1) is 11.3 Å². The van der Waals surface area contributed by atoms with E-state index in [1.165, 1.54) is 17.0 Å². The maximum Gasteiger partial charge on any atom is 0.263 e. The standard InChI is InChI=1S/C25H28N6O2S/c1-25(2)14-18-22(23(32)29-25)34-24(28-18)20-15-27-17-13-16(6-7-19(17)33-20)30-9-11-31(12-10-30)21-5-3-4-8-26-21/h3-8,13,20,27H,9-12,14-15H2,1-2H3,(H,29,32). The first-order valence-corrected chi connectivity index (χ1v) is 12.5. The third-order valence-corrected chi connectivity index (χ3v) is 7.77. The normalized spacial score (nSPS) is 21.1. The number of nitrogens with one attached hydrogen (secondary N) is 2. The second-order valence-electron chi connectivity index (χ2n) is 9.67. The summed E-state index contributed by atoms with van der Waals surface area (Å²) in [5.41, 5.74) is 2.80. The average Bonchev–Trinajstić information content (AvgIpc) is 3.27. The Morgan fingerprint density at radius 2 is 1.94 bits per heavy atom. The van der Waals surface area contributed by atoms with Crippen molar-refractivity contribution in [3.8, 4) is 5.75 Å². The van der Waals surface area contributed by atoms with Crippen LogP contribution in [0.2, 0.25) is 0 Å². The van der Waals surface area contributed by atoms with Crippen molar-refractivity contribution in [2.75, 3.05) is 47.8 Å². The quantitative estimate of drug-likeness (QED) is 0.599. The van der Waals surface area contributed by atoms with Crippen LogP contribution in [0.3, 0.4) is 0 Å². The van der Waals surface area contributed by atoms with E-state index in [0.717, 1.165) is 60.6 Å². The van der Waals surface area contributed by atoms with Crippen LogP contribution in [-0.2, 0) is 6.42 Å². The molecule has 34 heavy (non-hydrogen) atoms. The molecule has 2 aromatic heterocycles. The van der Waals surface area contributed by atoms with Crippen molar-refractivity contribution >= 4 is 34.4 Å². The van der Waals surface area contributed by atoms with Crippen LogP contribution in [0.1, 0.15) is 40.3 Å². The van der Waals surface area contributed by atoms with Gasteiger partial charge in [0.15, 0.2) is 6.10 Å². The summed E-state index contributed by atoms with van der Waals surface area (Å²) in [6.07, 6.45) is 2.38. The molecule has 0 aliphatic carbocycles. The number of carbonyl (C=O) groups excluding carboxylic acids is 1. The van der Waals surface area contributed by atoms with E-state index in [4.69, 9.17) is 9.72 Å². The fraction of sp³-hybridized carbons (Fsp3) is 0.400. The highest BCUT2D eigenvalue weighted by Gasteiger charge is 2.35. The molecule has 0 saturated carbocycles. The summed E-state index contributed by atoms with van der Waals surface area (Å²) in [6, 6.07) is 12.4. The van der Waals surface area contributed by atoms with Gasteiger partial charge in [0.05, 0.1) is 17.9 Å². The number of hydrogen-bond donors (Lipinski definition) is 2. The number of nitrogens with zero attached hydrogens (tertiary/aromatic N) is 4. The van der Waals surface area contributed by atoms with Gasteiger partial charge in [-0.25, -0.2) is 9.97 Å². The fourth-order valence-electron chi connectivity index (χ4n) is 4.86. The molecule has 3 aliphatic heterocycles. The van der Waals surface area contributed by atoms with Crippen molar-refractivity contribution in [2.45, 2.75) is 31.9 Å². The molecule has 5 heterocycles. The second kappa shape index (κ2) is 8.16. The molecule has 1 atom stereocenters. The van der Waals surface area contributed by atoms with Gasteiger partial charge in [-0.3, -0.25) is 4.79 Å². The number of ether oxygens (including phenoxy) is 1. The minimum absolute atomic E-state index is 0.0352. The molecular formula is C25H28N6O2S. The molecule has 0 radical (unpaired) electrons. The lowest BCUT2D eigenvalue weighted by Gasteiger charge is -2.37. The summed E-state index contributed by atoms with van der Waals surface area (Å²) in [7, 11) is 0. The lowest BCUT2D eigenvalue weighted by Crippen LogP contribution is -2.48. The number of carbonyl (C=O) groups is 1. The first-order valence-electron chi connectivity index (χ1n) is 11.7. The molecule has 1 unspecified atom stereocenters. The molecule has 0 bridgehead atoms. The number of anilines is 3. The van der Waals surface area contributed by atoms with Crippen molar-refractivity contribution in [3.63, 3.8) is 0 Å². The SMILES string of the molecule is CC1(C)Cc2nc(C3CNc4cc(N5CCN(c6ccccn6)CC5)ccc4O3)sc2C(=O)N1. The largest absolute Gasteiger partial charge is 0.479 e. The number of rotatable bonds is 3. The smallest absolute Gasteiger partial charge is 0.263 e. The van der Waals surface area contributed by atoms with Gasteiger partial charge in [0.1, 0.15) is 21.5 Å². The first kappa shape index (κ1) is 21.2. The zero-order valence-corrected chi connectivity index (χ0v) is 20.2. The molecule has 1 amide bonds. The Bertz CT molecular complexity index is 1220. The van der Waals surface area contributed by atoms with E-state index in [2.05, 4.69) is 43.6 Å². The zero-order valence-electron chi connectivity index (χ0n) is 19.4. The van der Waals surface area contributed by atoms with Crippen LogP contribution in [-0.4, -0.2) is 54.1 Å². The minimum atomic E-state index is -0.271. The van der Waals surface area contributed by atoms with E-state index in [9.17, 15) is 4.79 Å². The molecule has 0 spiro atoms. The summed E-state index contributed by atoms with van der Waals surface area (Å²) in [4.78, 5) is 27.2. The summed E-state index contributed by atoms with van der Waals surface area (Å²) in [5.74, 6) is 1.83. The monoisotopic (exact) mass is 476 g/mol. The molecule has 3 aromatic rings. The second-order valence-corrected chi connectivity index (χ2v) is 10.7. The van der Waals surface area contributed by atoms with Gasteiger partial charge in [0, 0.05) is 50.0 Å². The van der Waals surface area contributed by atoms with Gasteiger partial charge >= 0.3 is 0 Å². The number of aromatic nitrogens is 2. The Morgan fingerprint density at radius 1 is 1.12 bits per heavy atom. The van der Waals surface area contributed by atoms with E-state index in [0.29, 0.717) is 11.4 Å². The number of pyridine rings is 1. The summed E-state index contributed by atoms with van der Waals surface area (Å²) in [6.45, 7) is 8.46. The third kappa shape index (κ3) is 3.94. The van der Waals surface area contributed by atoms with Crippen molar-refractivity contribution in [2.24, 2.45) is 0 Å².